The molecular weight excluding hydrogens is 286 g/mol. The lowest BCUT2D eigenvalue weighted by Gasteiger charge is -2.28. The first-order valence-electron chi connectivity index (χ1n) is 7.61. The number of sulfonamides is 1. The van der Waals surface area contributed by atoms with Gasteiger partial charge in [-0.15, -0.1) is 0 Å². The van der Waals surface area contributed by atoms with Crippen LogP contribution in [0.5, 0.6) is 0 Å². The van der Waals surface area contributed by atoms with Crippen molar-refractivity contribution >= 4 is 10.0 Å². The number of hydrogen-bond acceptors (Lipinski definition) is 3. The third-order valence-corrected chi connectivity index (χ3v) is 4.99. The molecular formula is C16H25NO3S. The molecule has 1 aromatic carbocycles. The maximum Gasteiger partial charge on any atom is 0.209 e. The topological polar surface area (TPSA) is 69.4 Å². The molecule has 2 N–H and O–H groups in total. The molecule has 5 heteroatoms. The van der Waals surface area contributed by atoms with E-state index < -0.39 is 10.0 Å². The number of hydrogen-bond donors (Lipinski definition) is 1. The van der Waals surface area contributed by atoms with Crippen molar-refractivity contribution in [1.82, 2.24) is 0 Å². The van der Waals surface area contributed by atoms with E-state index in [1.165, 1.54) is 12.8 Å². The van der Waals surface area contributed by atoms with Gasteiger partial charge in [0, 0.05) is 5.92 Å². The molecule has 2 rings (SSSR count). The van der Waals surface area contributed by atoms with Gasteiger partial charge in [0.1, 0.15) is 0 Å². The van der Waals surface area contributed by atoms with Crippen LogP contribution in [0.15, 0.2) is 30.3 Å². The van der Waals surface area contributed by atoms with Crippen LogP contribution in [0.4, 0.5) is 0 Å². The van der Waals surface area contributed by atoms with Crippen molar-refractivity contribution in [3.63, 3.8) is 0 Å². The summed E-state index contributed by atoms with van der Waals surface area (Å²) in [5.41, 5.74) is 0.968. The number of primary sulfonamides is 1. The van der Waals surface area contributed by atoms with Crippen LogP contribution in [-0.2, 0) is 14.8 Å². The fourth-order valence-electron chi connectivity index (χ4n) is 3.03. The van der Waals surface area contributed by atoms with Gasteiger partial charge in [0.05, 0.1) is 18.5 Å². The summed E-state index contributed by atoms with van der Waals surface area (Å²) in [7, 11) is -3.52. The molecule has 4 nitrogen and oxygen atoms in total. The van der Waals surface area contributed by atoms with Crippen molar-refractivity contribution in [2.45, 2.75) is 44.6 Å². The predicted octanol–water partition coefficient (Wildman–Crippen LogP) is 2.65. The zero-order valence-electron chi connectivity index (χ0n) is 12.6. The summed E-state index contributed by atoms with van der Waals surface area (Å²) >= 11 is 0. The van der Waals surface area contributed by atoms with Crippen molar-refractivity contribution in [2.75, 3.05) is 12.4 Å². The van der Waals surface area contributed by atoms with Gasteiger partial charge < -0.3 is 4.74 Å². The van der Waals surface area contributed by atoms with Crippen LogP contribution in [0.2, 0.25) is 0 Å². The van der Waals surface area contributed by atoms with Gasteiger partial charge in [-0.25, -0.2) is 13.6 Å². The Hall–Kier alpha value is -0.910. The minimum absolute atomic E-state index is 0.0702. The molecule has 0 aromatic heterocycles. The highest BCUT2D eigenvalue weighted by molar-refractivity contribution is 7.89. The first kappa shape index (κ1) is 16.5. The maximum absolute atomic E-state index is 11.4. The van der Waals surface area contributed by atoms with Gasteiger partial charge in [0.25, 0.3) is 0 Å². The molecule has 0 aliphatic heterocycles. The Labute approximate surface area is 127 Å². The van der Waals surface area contributed by atoms with E-state index in [4.69, 9.17) is 9.88 Å². The molecule has 0 saturated heterocycles. The van der Waals surface area contributed by atoms with Gasteiger partial charge in [-0.1, -0.05) is 50.1 Å². The zero-order valence-corrected chi connectivity index (χ0v) is 13.4. The van der Waals surface area contributed by atoms with E-state index in [1.54, 1.807) is 0 Å². The molecule has 1 aliphatic rings. The van der Waals surface area contributed by atoms with Crippen molar-refractivity contribution in [1.29, 1.82) is 0 Å². The zero-order chi connectivity index (χ0) is 15.3. The maximum atomic E-state index is 11.4. The summed E-state index contributed by atoms with van der Waals surface area (Å²) in [6, 6.07) is 9.61. The average molecular weight is 311 g/mol. The third-order valence-electron chi connectivity index (χ3n) is 4.13. The highest BCUT2D eigenvalue weighted by Gasteiger charge is 2.23. The van der Waals surface area contributed by atoms with Gasteiger partial charge in [-0.3, -0.25) is 0 Å². The Morgan fingerprint density at radius 3 is 2.62 bits per heavy atom. The Kier molecular flexibility index (Phi) is 5.79. The van der Waals surface area contributed by atoms with Crippen LogP contribution in [0.3, 0.4) is 0 Å². The standard InChI is InChI=1S/C16H25NO3S/c1-13-6-5-9-16(10-13)20-11-15(12-21(17,18)19)14-7-3-2-4-8-14/h2-4,7-8,13,15-16H,5-6,9-12H2,1H3,(H2,17,18,19). The monoisotopic (exact) mass is 311 g/mol. The SMILES string of the molecule is CC1CCCC(OCC(CS(N)(=O)=O)c2ccccc2)C1. The average Bonchev–Trinajstić information content (AvgIpc) is 2.43. The second kappa shape index (κ2) is 7.38. The number of ether oxygens (including phenoxy) is 1. The first-order chi connectivity index (χ1) is 9.94. The van der Waals surface area contributed by atoms with E-state index in [-0.39, 0.29) is 17.8 Å². The van der Waals surface area contributed by atoms with Gasteiger partial charge >= 0.3 is 0 Å². The van der Waals surface area contributed by atoms with Crippen molar-refractivity contribution < 1.29 is 13.2 Å². The summed E-state index contributed by atoms with van der Waals surface area (Å²) in [5, 5.41) is 5.22. The highest BCUT2D eigenvalue weighted by atomic mass is 32.2. The van der Waals surface area contributed by atoms with Gasteiger partial charge in [-0.05, 0) is 24.3 Å². The van der Waals surface area contributed by atoms with E-state index >= 15 is 0 Å². The molecule has 1 aromatic rings. The summed E-state index contributed by atoms with van der Waals surface area (Å²) in [4.78, 5) is 0. The minimum atomic E-state index is -3.52. The van der Waals surface area contributed by atoms with Crippen molar-refractivity contribution in [3.05, 3.63) is 35.9 Å². The molecule has 21 heavy (non-hydrogen) atoms. The van der Waals surface area contributed by atoms with E-state index in [0.29, 0.717) is 12.5 Å². The smallest absolute Gasteiger partial charge is 0.209 e. The predicted molar refractivity (Wildman–Crippen MR) is 84.5 cm³/mol. The summed E-state index contributed by atoms with van der Waals surface area (Å²) in [6.07, 6.45) is 4.84. The van der Waals surface area contributed by atoms with E-state index in [1.807, 2.05) is 30.3 Å². The quantitative estimate of drug-likeness (QED) is 0.878. The molecule has 1 aliphatic carbocycles. The molecule has 118 valence electrons. The number of benzene rings is 1. The Morgan fingerprint density at radius 1 is 1.29 bits per heavy atom. The van der Waals surface area contributed by atoms with Crippen LogP contribution >= 0.6 is 0 Å². The second-order valence-electron chi connectivity index (χ2n) is 6.16. The fourth-order valence-corrected chi connectivity index (χ4v) is 3.88. The van der Waals surface area contributed by atoms with Gasteiger partial charge in [0.15, 0.2) is 0 Å². The van der Waals surface area contributed by atoms with E-state index in [0.717, 1.165) is 18.4 Å². The molecule has 3 unspecified atom stereocenters. The largest absolute Gasteiger partial charge is 0.378 e. The number of nitrogens with two attached hydrogens (primary N) is 1. The molecule has 0 radical (unpaired) electrons. The lowest BCUT2D eigenvalue weighted by atomic mass is 9.88. The lowest BCUT2D eigenvalue weighted by Crippen LogP contribution is -2.28. The van der Waals surface area contributed by atoms with Gasteiger partial charge in [-0.2, -0.15) is 0 Å². The van der Waals surface area contributed by atoms with Gasteiger partial charge in [0.2, 0.25) is 10.0 Å². The molecule has 0 amide bonds. The number of rotatable bonds is 6. The molecule has 0 spiro atoms. The second-order valence-corrected chi connectivity index (χ2v) is 7.82. The Bertz CT molecular complexity index is 530. The minimum Gasteiger partial charge on any atom is -0.378 e. The Morgan fingerprint density at radius 2 is 2.00 bits per heavy atom. The van der Waals surface area contributed by atoms with E-state index in [9.17, 15) is 8.42 Å². The van der Waals surface area contributed by atoms with Crippen molar-refractivity contribution in [3.8, 4) is 0 Å². The van der Waals surface area contributed by atoms with E-state index in [2.05, 4.69) is 6.92 Å². The summed E-state index contributed by atoms with van der Waals surface area (Å²) < 4.78 is 28.9. The third kappa shape index (κ3) is 5.77. The van der Waals surface area contributed by atoms with Crippen LogP contribution in [0.1, 0.15) is 44.1 Å². The van der Waals surface area contributed by atoms with Crippen LogP contribution < -0.4 is 5.14 Å². The molecule has 1 fully saturated rings. The molecule has 1 saturated carbocycles. The molecule has 0 bridgehead atoms. The first-order valence-corrected chi connectivity index (χ1v) is 9.32. The molecule has 0 heterocycles. The van der Waals surface area contributed by atoms with Crippen LogP contribution in [-0.4, -0.2) is 26.9 Å². The fraction of sp³-hybridized carbons (Fsp3) is 0.625. The highest BCUT2D eigenvalue weighted by Crippen LogP contribution is 2.27. The summed E-state index contributed by atoms with van der Waals surface area (Å²) in [6.45, 7) is 2.66. The Balaban J connectivity index is 1.99. The molecule has 3 atom stereocenters. The summed E-state index contributed by atoms with van der Waals surface area (Å²) in [5.74, 6) is 0.426. The van der Waals surface area contributed by atoms with Crippen molar-refractivity contribution in [2.24, 2.45) is 11.1 Å². The van der Waals surface area contributed by atoms with Crippen LogP contribution in [0, 0.1) is 5.92 Å². The van der Waals surface area contributed by atoms with Crippen LogP contribution in [0.25, 0.3) is 0 Å². The lowest BCUT2D eigenvalue weighted by molar-refractivity contribution is 0.0101. The normalized spacial score (nSPS) is 24.7.